The summed E-state index contributed by atoms with van der Waals surface area (Å²) in [6, 6.07) is 3.99. The normalized spacial score (nSPS) is 28.9. The number of phenols is 1. The van der Waals surface area contributed by atoms with E-state index in [2.05, 4.69) is 0 Å². The van der Waals surface area contributed by atoms with Crippen molar-refractivity contribution in [3.63, 3.8) is 0 Å². The van der Waals surface area contributed by atoms with Crippen molar-refractivity contribution in [1.82, 2.24) is 0 Å². The molecule has 0 amide bonds. The molecule has 0 saturated carbocycles. The van der Waals surface area contributed by atoms with Crippen molar-refractivity contribution in [2.24, 2.45) is 0 Å². The summed E-state index contributed by atoms with van der Waals surface area (Å²) in [7, 11) is 1.30. The predicted molar refractivity (Wildman–Crippen MR) is 85.1 cm³/mol. The van der Waals surface area contributed by atoms with Gasteiger partial charge in [0, 0.05) is 11.5 Å². The van der Waals surface area contributed by atoms with Gasteiger partial charge in [0.25, 0.3) is 0 Å². The third-order valence-corrected chi connectivity index (χ3v) is 4.11. The van der Waals surface area contributed by atoms with E-state index in [1.54, 1.807) is 0 Å². The summed E-state index contributed by atoms with van der Waals surface area (Å²) >= 11 is 0. The van der Waals surface area contributed by atoms with Crippen LogP contribution in [0.5, 0.6) is 17.2 Å². The van der Waals surface area contributed by atoms with Gasteiger partial charge in [-0.3, -0.25) is 0 Å². The molecule has 1 aromatic heterocycles. The molecule has 0 spiro atoms. The Balaban J connectivity index is 2.06. The van der Waals surface area contributed by atoms with Gasteiger partial charge in [0.2, 0.25) is 17.8 Å². The van der Waals surface area contributed by atoms with Crippen LogP contribution in [-0.4, -0.2) is 70.0 Å². The van der Waals surface area contributed by atoms with Gasteiger partial charge in [-0.2, -0.15) is 0 Å². The zero-order chi connectivity index (χ0) is 19.0. The number of rotatable bonds is 4. The second-order valence-corrected chi connectivity index (χ2v) is 5.74. The van der Waals surface area contributed by atoms with Crippen molar-refractivity contribution in [3.05, 3.63) is 28.6 Å². The molecule has 2 heterocycles. The molecule has 0 radical (unpaired) electrons. The molecule has 26 heavy (non-hydrogen) atoms. The van der Waals surface area contributed by atoms with Crippen molar-refractivity contribution >= 4 is 11.0 Å². The van der Waals surface area contributed by atoms with Crippen molar-refractivity contribution in [3.8, 4) is 17.2 Å². The molecule has 10 nitrogen and oxygen atoms in total. The summed E-state index contributed by atoms with van der Waals surface area (Å²) in [6.45, 7) is -0.648. The second kappa shape index (κ2) is 7.09. The molecule has 1 fully saturated rings. The molecule has 5 N–H and O–H groups in total. The van der Waals surface area contributed by atoms with Gasteiger partial charge in [0.05, 0.1) is 13.7 Å². The Bertz CT molecular complexity index is 845. The minimum atomic E-state index is -1.70. The number of aliphatic hydroxyl groups excluding tert-OH is 4. The smallest absolute Gasteiger partial charge is 0.336 e. The quantitative estimate of drug-likeness (QED) is 0.409. The third-order valence-electron chi connectivity index (χ3n) is 4.11. The summed E-state index contributed by atoms with van der Waals surface area (Å²) in [4.78, 5) is 11.5. The summed E-state index contributed by atoms with van der Waals surface area (Å²) in [5.74, 6) is -0.876. The molecule has 0 unspecified atom stereocenters. The summed E-state index contributed by atoms with van der Waals surface area (Å²) < 4.78 is 20.8. The van der Waals surface area contributed by atoms with Crippen LogP contribution in [0, 0.1) is 0 Å². The first-order valence-corrected chi connectivity index (χ1v) is 7.68. The number of aromatic hydroxyl groups is 1. The maximum absolute atomic E-state index is 11.5. The van der Waals surface area contributed by atoms with Crippen LogP contribution < -0.4 is 15.1 Å². The molecule has 1 aliphatic rings. The minimum absolute atomic E-state index is 0.00550. The largest absolute Gasteiger partial charge is 0.502 e. The van der Waals surface area contributed by atoms with E-state index < -0.39 is 48.7 Å². The fraction of sp³-hybridized carbons (Fsp3) is 0.438. The highest BCUT2D eigenvalue weighted by Gasteiger charge is 2.45. The van der Waals surface area contributed by atoms with Crippen molar-refractivity contribution in [2.75, 3.05) is 13.7 Å². The molecule has 1 aromatic carbocycles. The lowest BCUT2D eigenvalue weighted by Crippen LogP contribution is -2.60. The van der Waals surface area contributed by atoms with E-state index in [-0.39, 0.29) is 17.1 Å². The van der Waals surface area contributed by atoms with Gasteiger partial charge in [-0.25, -0.2) is 4.79 Å². The number of hydrogen-bond acceptors (Lipinski definition) is 10. The maximum Gasteiger partial charge on any atom is 0.336 e. The van der Waals surface area contributed by atoms with E-state index in [9.17, 15) is 30.3 Å². The van der Waals surface area contributed by atoms with E-state index in [4.69, 9.17) is 18.6 Å². The van der Waals surface area contributed by atoms with Gasteiger partial charge in [-0.15, -0.1) is 0 Å². The standard InChI is InChI=1S/C16H18O10/c1-23-7-4-6-2-3-9(18)25-14(6)15(11(7)20)26-16-13(22)12(21)10(19)8(5-17)24-16/h2-4,8,10,12-13,16-17,19-22H,5H2,1H3/t8-,10-,12-,13-,16-/m1/s1. The number of methoxy groups -OCH3 is 1. The van der Waals surface area contributed by atoms with Crippen LogP contribution in [0.15, 0.2) is 27.4 Å². The van der Waals surface area contributed by atoms with Crippen LogP contribution in [-0.2, 0) is 4.74 Å². The van der Waals surface area contributed by atoms with Gasteiger partial charge in [-0.05, 0) is 12.1 Å². The molecule has 0 bridgehead atoms. The number of phenolic OH excluding ortho intramolecular Hbond substituents is 1. The van der Waals surface area contributed by atoms with Crippen molar-refractivity contribution < 1.29 is 44.2 Å². The van der Waals surface area contributed by atoms with Crippen LogP contribution in [0.3, 0.4) is 0 Å². The van der Waals surface area contributed by atoms with Crippen LogP contribution in [0.25, 0.3) is 11.0 Å². The Morgan fingerprint density at radius 2 is 1.88 bits per heavy atom. The number of fused-ring (bicyclic) bond motifs is 1. The highest BCUT2D eigenvalue weighted by Crippen LogP contribution is 2.43. The first-order valence-electron chi connectivity index (χ1n) is 7.68. The highest BCUT2D eigenvalue weighted by atomic mass is 16.7. The molecule has 1 saturated heterocycles. The van der Waals surface area contributed by atoms with Crippen LogP contribution in [0.2, 0.25) is 0 Å². The van der Waals surface area contributed by atoms with E-state index in [0.717, 1.165) is 6.07 Å². The first kappa shape index (κ1) is 18.4. The molecule has 0 aliphatic carbocycles. The van der Waals surface area contributed by atoms with Crippen molar-refractivity contribution in [2.45, 2.75) is 30.7 Å². The minimum Gasteiger partial charge on any atom is -0.502 e. The SMILES string of the molecule is COc1cc2ccc(=O)oc2c(O[C@H]2O[C@H](CO)[C@@H](O)[C@@H](O)[C@H]2O)c1O. The molecular formula is C16H18O10. The lowest BCUT2D eigenvalue weighted by atomic mass is 9.99. The number of aliphatic hydroxyl groups is 4. The average Bonchev–Trinajstić information content (AvgIpc) is 2.64. The average molecular weight is 370 g/mol. The van der Waals surface area contributed by atoms with E-state index in [1.807, 2.05) is 0 Å². The predicted octanol–water partition coefficient (Wildman–Crippen LogP) is -1.31. The lowest BCUT2D eigenvalue weighted by Gasteiger charge is -2.39. The molecule has 3 rings (SSSR count). The molecule has 10 heteroatoms. The zero-order valence-electron chi connectivity index (χ0n) is 13.6. The van der Waals surface area contributed by atoms with Gasteiger partial charge in [0.1, 0.15) is 24.4 Å². The monoisotopic (exact) mass is 370 g/mol. The van der Waals surface area contributed by atoms with E-state index in [0.29, 0.717) is 5.39 Å². The summed E-state index contributed by atoms with van der Waals surface area (Å²) in [5.41, 5.74) is -0.839. The Kier molecular flexibility index (Phi) is 5.03. The molecule has 142 valence electrons. The third kappa shape index (κ3) is 3.08. The Labute approximate surface area is 146 Å². The van der Waals surface area contributed by atoms with Crippen LogP contribution in [0.1, 0.15) is 0 Å². The lowest BCUT2D eigenvalue weighted by molar-refractivity contribution is -0.277. The van der Waals surface area contributed by atoms with Gasteiger partial charge >= 0.3 is 5.63 Å². The molecular weight excluding hydrogens is 352 g/mol. The summed E-state index contributed by atoms with van der Waals surface area (Å²) in [6.07, 6.45) is -7.72. The van der Waals surface area contributed by atoms with Crippen LogP contribution in [0.4, 0.5) is 0 Å². The molecule has 5 atom stereocenters. The number of hydrogen-bond donors (Lipinski definition) is 5. The van der Waals surface area contributed by atoms with Gasteiger partial charge in [0.15, 0.2) is 11.3 Å². The van der Waals surface area contributed by atoms with Gasteiger partial charge < -0.3 is 44.2 Å². The highest BCUT2D eigenvalue weighted by molar-refractivity contribution is 5.87. The fourth-order valence-electron chi connectivity index (χ4n) is 2.69. The Morgan fingerprint density at radius 3 is 2.54 bits per heavy atom. The zero-order valence-corrected chi connectivity index (χ0v) is 13.6. The Morgan fingerprint density at radius 1 is 1.15 bits per heavy atom. The number of ether oxygens (including phenoxy) is 3. The second-order valence-electron chi connectivity index (χ2n) is 5.74. The first-order chi connectivity index (χ1) is 12.4. The molecule has 2 aromatic rings. The summed E-state index contributed by atoms with van der Waals surface area (Å²) in [5, 5.41) is 49.6. The molecule has 1 aliphatic heterocycles. The maximum atomic E-state index is 11.5. The van der Waals surface area contributed by atoms with Crippen LogP contribution >= 0.6 is 0 Å². The topological polar surface area (TPSA) is 159 Å². The fourth-order valence-corrected chi connectivity index (χ4v) is 2.69. The van der Waals surface area contributed by atoms with Gasteiger partial charge in [-0.1, -0.05) is 0 Å². The van der Waals surface area contributed by atoms with E-state index >= 15 is 0 Å². The number of benzene rings is 1. The van der Waals surface area contributed by atoms with E-state index in [1.165, 1.54) is 19.2 Å². The Hall–Kier alpha value is -2.37. The van der Waals surface area contributed by atoms with Crippen molar-refractivity contribution in [1.29, 1.82) is 0 Å².